The number of hydrogen-bond donors (Lipinski definition) is 2. The summed E-state index contributed by atoms with van der Waals surface area (Å²) in [4.78, 5) is 21.8. The number of nitrogens with one attached hydrogen (secondary N) is 2. The van der Waals surface area contributed by atoms with Crippen molar-refractivity contribution in [3.05, 3.63) is 84.4 Å². The number of nitrogens with zero attached hydrogens (tertiary/aromatic N) is 2. The Kier molecular flexibility index (Phi) is 4.94. The number of benzene rings is 1. The number of hydrogen-bond acceptors (Lipinski definition) is 7. The van der Waals surface area contributed by atoms with Crippen LogP contribution >= 0.6 is 0 Å². The number of ether oxygens (including phenoxy) is 2. The van der Waals surface area contributed by atoms with E-state index < -0.39 is 0 Å². The molecule has 8 heteroatoms. The lowest BCUT2D eigenvalue weighted by Crippen LogP contribution is -2.16. The number of pyridine rings is 2. The Bertz CT molecular complexity index is 1210. The highest BCUT2D eigenvalue weighted by Crippen LogP contribution is 2.34. The summed E-state index contributed by atoms with van der Waals surface area (Å²) in [7, 11) is 0. The van der Waals surface area contributed by atoms with Crippen LogP contribution in [-0.4, -0.2) is 22.7 Å². The van der Waals surface area contributed by atoms with Gasteiger partial charge in [-0.25, -0.2) is 4.98 Å². The second kappa shape index (κ2) is 8.19. The van der Waals surface area contributed by atoms with Crippen molar-refractivity contribution in [1.29, 1.82) is 0 Å². The summed E-state index contributed by atoms with van der Waals surface area (Å²) < 4.78 is 16.1. The van der Waals surface area contributed by atoms with E-state index >= 15 is 0 Å². The van der Waals surface area contributed by atoms with Crippen LogP contribution in [0.2, 0.25) is 0 Å². The molecule has 0 fully saturated rings. The van der Waals surface area contributed by atoms with Gasteiger partial charge in [0.2, 0.25) is 6.79 Å². The third kappa shape index (κ3) is 4.04. The van der Waals surface area contributed by atoms with E-state index in [1.807, 2.05) is 18.2 Å². The van der Waals surface area contributed by atoms with Crippen LogP contribution in [0.5, 0.6) is 11.5 Å². The molecule has 31 heavy (non-hydrogen) atoms. The van der Waals surface area contributed by atoms with E-state index in [1.165, 1.54) is 0 Å². The van der Waals surface area contributed by atoms with Crippen LogP contribution in [0, 0.1) is 0 Å². The van der Waals surface area contributed by atoms with Crippen molar-refractivity contribution in [2.45, 2.75) is 6.54 Å². The largest absolute Gasteiger partial charge is 0.463 e. The summed E-state index contributed by atoms with van der Waals surface area (Å²) in [6.07, 6.45) is 5.05. The first kappa shape index (κ1) is 18.7. The number of furan rings is 1. The van der Waals surface area contributed by atoms with Crippen molar-refractivity contribution >= 4 is 17.4 Å². The topological polar surface area (TPSA) is 98.5 Å². The minimum atomic E-state index is -0.300. The van der Waals surface area contributed by atoms with Crippen molar-refractivity contribution in [3.63, 3.8) is 0 Å². The van der Waals surface area contributed by atoms with Crippen LogP contribution in [0.1, 0.15) is 15.9 Å². The van der Waals surface area contributed by atoms with Gasteiger partial charge in [-0.3, -0.25) is 9.78 Å². The molecule has 5 rings (SSSR count). The highest BCUT2D eigenvalue weighted by molar-refractivity contribution is 6.07. The highest BCUT2D eigenvalue weighted by Gasteiger charge is 2.18. The summed E-state index contributed by atoms with van der Waals surface area (Å²) in [6.45, 7) is 0.639. The summed E-state index contributed by atoms with van der Waals surface area (Å²) in [6, 6.07) is 16.1. The Morgan fingerprint density at radius 2 is 1.97 bits per heavy atom. The van der Waals surface area contributed by atoms with Crippen molar-refractivity contribution in [2.24, 2.45) is 0 Å². The van der Waals surface area contributed by atoms with E-state index in [-0.39, 0.29) is 12.7 Å². The molecule has 0 atom stereocenters. The quantitative estimate of drug-likeness (QED) is 0.484. The van der Waals surface area contributed by atoms with Gasteiger partial charge in [-0.05, 0) is 48.0 Å². The molecule has 0 bridgehead atoms. The first-order chi connectivity index (χ1) is 15.3. The number of aromatic nitrogens is 2. The predicted molar refractivity (Wildman–Crippen MR) is 114 cm³/mol. The number of fused-ring (bicyclic) bond motifs is 1. The zero-order valence-corrected chi connectivity index (χ0v) is 16.4. The molecule has 0 spiro atoms. The van der Waals surface area contributed by atoms with Crippen LogP contribution in [0.4, 0.5) is 11.5 Å². The Morgan fingerprint density at radius 1 is 1.03 bits per heavy atom. The Hall–Kier alpha value is -4.33. The van der Waals surface area contributed by atoms with Crippen LogP contribution < -0.4 is 20.1 Å². The van der Waals surface area contributed by atoms with Gasteiger partial charge in [0.05, 0.1) is 11.8 Å². The number of carbonyl (C=O) groups excluding carboxylic acids is 1. The van der Waals surface area contributed by atoms with Crippen molar-refractivity contribution in [1.82, 2.24) is 9.97 Å². The van der Waals surface area contributed by atoms with Crippen LogP contribution in [0.25, 0.3) is 11.5 Å². The van der Waals surface area contributed by atoms with Crippen LogP contribution in [0.3, 0.4) is 0 Å². The fourth-order valence-electron chi connectivity index (χ4n) is 3.20. The Balaban J connectivity index is 1.42. The fraction of sp³-hybridized carbons (Fsp3) is 0.0870. The molecule has 0 saturated carbocycles. The van der Waals surface area contributed by atoms with E-state index in [2.05, 4.69) is 20.6 Å². The molecule has 1 aliphatic heterocycles. The molecule has 0 unspecified atom stereocenters. The van der Waals surface area contributed by atoms with Gasteiger partial charge in [-0.1, -0.05) is 6.07 Å². The number of anilines is 2. The lowest BCUT2D eigenvalue weighted by molar-refractivity contribution is 0.102. The third-order valence-corrected chi connectivity index (χ3v) is 4.73. The molecule has 0 saturated heterocycles. The predicted octanol–water partition coefficient (Wildman–Crippen LogP) is 4.33. The van der Waals surface area contributed by atoms with E-state index in [0.717, 1.165) is 5.56 Å². The van der Waals surface area contributed by atoms with Gasteiger partial charge >= 0.3 is 0 Å². The number of rotatable bonds is 6. The minimum absolute atomic E-state index is 0.174. The zero-order valence-electron chi connectivity index (χ0n) is 16.4. The summed E-state index contributed by atoms with van der Waals surface area (Å²) >= 11 is 0. The third-order valence-electron chi connectivity index (χ3n) is 4.73. The molecule has 3 aromatic heterocycles. The summed E-state index contributed by atoms with van der Waals surface area (Å²) in [5.74, 6) is 2.01. The maximum atomic E-state index is 13.0. The van der Waals surface area contributed by atoms with Gasteiger partial charge in [0.25, 0.3) is 5.91 Å². The summed E-state index contributed by atoms with van der Waals surface area (Å²) in [5, 5.41) is 6.13. The van der Waals surface area contributed by atoms with E-state index in [9.17, 15) is 4.79 Å². The Morgan fingerprint density at radius 3 is 2.81 bits per heavy atom. The first-order valence-corrected chi connectivity index (χ1v) is 9.65. The average Bonchev–Trinajstić information content (AvgIpc) is 3.50. The van der Waals surface area contributed by atoms with Crippen molar-refractivity contribution < 1.29 is 18.7 Å². The van der Waals surface area contributed by atoms with E-state index in [1.54, 1.807) is 55.1 Å². The molecule has 1 amide bonds. The maximum absolute atomic E-state index is 13.0. The van der Waals surface area contributed by atoms with Crippen molar-refractivity contribution in [2.75, 3.05) is 17.4 Å². The number of carbonyl (C=O) groups is 1. The van der Waals surface area contributed by atoms with Gasteiger partial charge in [0.1, 0.15) is 11.5 Å². The van der Waals surface area contributed by atoms with Gasteiger partial charge in [-0.2, -0.15) is 0 Å². The van der Waals surface area contributed by atoms with Gasteiger partial charge in [0, 0.05) is 30.7 Å². The fourth-order valence-corrected chi connectivity index (χ4v) is 3.20. The number of amides is 1. The van der Waals surface area contributed by atoms with Gasteiger partial charge < -0.3 is 24.5 Å². The molecule has 1 aromatic carbocycles. The van der Waals surface area contributed by atoms with Crippen molar-refractivity contribution in [3.8, 4) is 23.0 Å². The molecule has 4 aromatic rings. The first-order valence-electron chi connectivity index (χ1n) is 9.65. The molecule has 8 nitrogen and oxygen atoms in total. The molecule has 0 aliphatic carbocycles. The second-order valence-electron chi connectivity index (χ2n) is 6.81. The monoisotopic (exact) mass is 414 g/mol. The minimum Gasteiger partial charge on any atom is -0.463 e. The van der Waals surface area contributed by atoms with Gasteiger partial charge in [0.15, 0.2) is 17.3 Å². The molecular weight excluding hydrogens is 396 g/mol. The zero-order chi connectivity index (χ0) is 21.0. The average molecular weight is 414 g/mol. The Labute approximate surface area is 177 Å². The highest BCUT2D eigenvalue weighted by atomic mass is 16.7. The molecule has 2 N–H and O–H groups in total. The van der Waals surface area contributed by atoms with E-state index in [0.29, 0.717) is 46.6 Å². The molecule has 154 valence electrons. The smallest absolute Gasteiger partial charge is 0.259 e. The normalized spacial score (nSPS) is 11.9. The lowest BCUT2D eigenvalue weighted by Gasteiger charge is -2.13. The van der Waals surface area contributed by atoms with Crippen LogP contribution in [-0.2, 0) is 6.54 Å². The SMILES string of the molecule is O=C(Nc1ccc2c(c1)OCO2)c1ccc(-c2ccco2)nc1NCc1cccnc1. The second-order valence-corrected chi connectivity index (χ2v) is 6.81. The molecule has 4 heterocycles. The summed E-state index contributed by atoms with van der Waals surface area (Å²) in [5.41, 5.74) is 2.59. The van der Waals surface area contributed by atoms with Gasteiger partial charge in [-0.15, -0.1) is 0 Å². The van der Waals surface area contributed by atoms with Crippen LogP contribution in [0.15, 0.2) is 77.7 Å². The molecule has 1 aliphatic rings. The van der Waals surface area contributed by atoms with E-state index in [4.69, 9.17) is 13.9 Å². The standard InChI is InChI=1S/C23H18N4O4/c28-23(26-16-5-8-20-21(11-16)31-14-30-20)17-6-7-18(19-4-2-10-29-19)27-22(17)25-13-15-3-1-9-24-12-15/h1-12H,13-14H2,(H,25,27)(H,26,28). The molecular formula is C23H18N4O4. The lowest BCUT2D eigenvalue weighted by atomic mass is 10.1. The maximum Gasteiger partial charge on any atom is 0.259 e. The molecule has 0 radical (unpaired) electrons.